The number of hydrogen-bond donors (Lipinski definition) is 1. The van der Waals surface area contributed by atoms with Crippen LogP contribution in [0.5, 0.6) is 0 Å². The second kappa shape index (κ2) is 14.9. The quantitative estimate of drug-likeness (QED) is 0.327. The van der Waals surface area contributed by atoms with E-state index in [9.17, 15) is 19.5 Å². The third-order valence-corrected chi connectivity index (χ3v) is 11.1. The van der Waals surface area contributed by atoms with E-state index in [4.69, 9.17) is 9.47 Å². The van der Waals surface area contributed by atoms with Gasteiger partial charge in [-0.05, 0) is 44.2 Å². The fraction of sp³-hybridized carbons (Fsp3) is 0.500. The summed E-state index contributed by atoms with van der Waals surface area (Å²) in [5.74, 6) is -3.58. The Hall–Kier alpha value is -4.28. The number of hydrogen-bond acceptors (Lipinski definition) is 7. The summed E-state index contributed by atoms with van der Waals surface area (Å²) >= 11 is 0. The van der Waals surface area contributed by atoms with Crippen molar-refractivity contribution in [2.75, 3.05) is 20.2 Å². The molecular weight excluding hydrogens is 634 g/mol. The second-order valence-corrected chi connectivity index (χ2v) is 14.1. The molecule has 6 rings (SSSR count). The van der Waals surface area contributed by atoms with Crippen LogP contribution in [0.15, 0.2) is 85.0 Å². The van der Waals surface area contributed by atoms with Crippen molar-refractivity contribution in [1.82, 2.24) is 14.7 Å². The van der Waals surface area contributed by atoms with E-state index in [0.717, 1.165) is 24.0 Å². The molecule has 9 atom stereocenters. The summed E-state index contributed by atoms with van der Waals surface area (Å²) in [6.45, 7) is 5.87. The molecule has 50 heavy (non-hydrogen) atoms. The van der Waals surface area contributed by atoms with Crippen LogP contribution in [0.2, 0.25) is 0 Å². The van der Waals surface area contributed by atoms with Crippen molar-refractivity contribution in [2.24, 2.45) is 11.8 Å². The highest BCUT2D eigenvalue weighted by Gasteiger charge is 2.72. The van der Waals surface area contributed by atoms with Crippen LogP contribution >= 0.6 is 0 Å². The molecule has 3 amide bonds. The van der Waals surface area contributed by atoms with Crippen LogP contribution in [0.25, 0.3) is 0 Å². The highest BCUT2D eigenvalue weighted by molar-refractivity contribution is 5.99. The zero-order chi connectivity index (χ0) is 35.6. The molecule has 2 saturated heterocycles. The van der Waals surface area contributed by atoms with Crippen molar-refractivity contribution in [3.05, 3.63) is 96.1 Å². The number of benzene rings is 2. The van der Waals surface area contributed by atoms with Gasteiger partial charge >= 0.3 is 5.97 Å². The first-order valence-electron chi connectivity index (χ1n) is 17.9. The van der Waals surface area contributed by atoms with Crippen LogP contribution in [0.4, 0.5) is 0 Å². The lowest BCUT2D eigenvalue weighted by atomic mass is 9.77. The van der Waals surface area contributed by atoms with E-state index in [1.54, 1.807) is 22.9 Å². The average Bonchev–Trinajstić information content (AvgIpc) is 3.51. The molecule has 10 nitrogen and oxygen atoms in total. The van der Waals surface area contributed by atoms with Gasteiger partial charge in [-0.2, -0.15) is 0 Å². The van der Waals surface area contributed by atoms with Crippen molar-refractivity contribution in [3.8, 4) is 0 Å². The van der Waals surface area contributed by atoms with Gasteiger partial charge in [0.05, 0.1) is 30.7 Å². The molecule has 0 bridgehead atoms. The summed E-state index contributed by atoms with van der Waals surface area (Å²) in [4.78, 5) is 62.6. The molecule has 4 aliphatic heterocycles. The molecule has 0 saturated carbocycles. The molecule has 10 heteroatoms. The number of likely N-dealkylation sites (N-methyl/N-ethyl adjacent to an activating group) is 1. The first-order valence-corrected chi connectivity index (χ1v) is 17.9. The number of cyclic esters (lactones) is 1. The number of likely N-dealkylation sites (tertiary alicyclic amines) is 1. The Morgan fingerprint density at radius 2 is 1.68 bits per heavy atom. The van der Waals surface area contributed by atoms with Gasteiger partial charge in [-0.15, -0.1) is 0 Å². The molecule has 0 aromatic heterocycles. The van der Waals surface area contributed by atoms with Gasteiger partial charge in [-0.1, -0.05) is 98.3 Å². The Balaban J connectivity index is 1.47. The fourth-order valence-corrected chi connectivity index (χ4v) is 8.35. The summed E-state index contributed by atoms with van der Waals surface area (Å²) in [6.07, 6.45) is 8.17. The Bertz CT molecular complexity index is 1610. The molecule has 2 fully saturated rings. The number of fused-ring (bicyclic) bond motifs is 2. The van der Waals surface area contributed by atoms with Crippen molar-refractivity contribution in [2.45, 2.75) is 94.9 Å². The minimum atomic E-state index is -1.49. The largest absolute Gasteiger partial charge is 0.455 e. The number of esters is 1. The monoisotopic (exact) mass is 683 g/mol. The van der Waals surface area contributed by atoms with E-state index >= 15 is 4.79 Å². The first-order chi connectivity index (χ1) is 24.1. The van der Waals surface area contributed by atoms with Crippen LogP contribution in [0.1, 0.15) is 63.7 Å². The predicted octanol–water partition coefficient (Wildman–Crippen LogP) is 4.24. The summed E-state index contributed by atoms with van der Waals surface area (Å²) in [6, 6.07) is 16.4. The van der Waals surface area contributed by atoms with Crippen molar-refractivity contribution < 1.29 is 33.8 Å². The molecular formula is C40H49N3O7. The summed E-state index contributed by atoms with van der Waals surface area (Å²) in [5.41, 5.74) is 0.137. The Morgan fingerprint density at radius 1 is 0.980 bits per heavy atom. The van der Waals surface area contributed by atoms with Crippen molar-refractivity contribution in [1.29, 1.82) is 0 Å². The molecule has 0 aliphatic carbocycles. The molecule has 266 valence electrons. The Labute approximate surface area is 294 Å². The molecule has 1 N–H and O–H groups in total. The summed E-state index contributed by atoms with van der Waals surface area (Å²) in [5, 5.41) is 10.8. The normalized spacial score (nSPS) is 31.9. The number of allylic oxidation sites excluding steroid dienone is 1. The Morgan fingerprint density at radius 3 is 2.36 bits per heavy atom. The lowest BCUT2D eigenvalue weighted by Crippen LogP contribution is -2.59. The lowest BCUT2D eigenvalue weighted by molar-refractivity contribution is -0.164. The van der Waals surface area contributed by atoms with Gasteiger partial charge in [-0.25, -0.2) is 0 Å². The minimum Gasteiger partial charge on any atom is -0.455 e. The fourth-order valence-electron chi connectivity index (χ4n) is 8.35. The number of carbonyl (C=O) groups excluding carboxylic acids is 4. The molecule has 2 aromatic rings. The van der Waals surface area contributed by atoms with Gasteiger partial charge in [0.1, 0.15) is 23.7 Å². The van der Waals surface area contributed by atoms with Gasteiger partial charge in [-0.3, -0.25) is 19.2 Å². The van der Waals surface area contributed by atoms with Gasteiger partial charge in [0.2, 0.25) is 17.7 Å². The topological polar surface area (TPSA) is 117 Å². The van der Waals surface area contributed by atoms with Gasteiger partial charge in [0.25, 0.3) is 0 Å². The van der Waals surface area contributed by atoms with Gasteiger partial charge in [0, 0.05) is 26.1 Å². The van der Waals surface area contributed by atoms with E-state index < -0.39 is 59.6 Å². The third-order valence-electron chi connectivity index (χ3n) is 11.1. The van der Waals surface area contributed by atoms with Crippen molar-refractivity contribution >= 4 is 23.7 Å². The molecule has 4 aliphatic rings. The van der Waals surface area contributed by atoms with E-state index in [-0.39, 0.29) is 30.9 Å². The lowest BCUT2D eigenvalue weighted by Gasteiger charge is -2.40. The van der Waals surface area contributed by atoms with Gasteiger partial charge in [0.15, 0.2) is 0 Å². The molecule has 0 radical (unpaired) electrons. The maximum absolute atomic E-state index is 15.0. The SMILES string of the molecule is CCCC(C)N1CC=C[C@@]23O[C@H]4/C=C\CCC(=O)N(C)[C@@H](C)[C@H](c5ccccc5)OC(=O)[C@H]4[C@@H]2C(=O)N([C@@H](CO)Cc2ccccc2)[C@H]3C1=O. The van der Waals surface area contributed by atoms with Crippen LogP contribution in [0.3, 0.4) is 0 Å². The number of nitrogens with zero attached hydrogens (tertiary/aromatic N) is 3. The maximum atomic E-state index is 15.0. The third kappa shape index (κ3) is 6.39. The van der Waals surface area contributed by atoms with Crippen LogP contribution in [-0.2, 0) is 35.1 Å². The van der Waals surface area contributed by atoms with Crippen LogP contribution < -0.4 is 0 Å². The number of aliphatic hydroxyl groups is 1. The van der Waals surface area contributed by atoms with Crippen LogP contribution in [-0.4, -0.2) is 99.6 Å². The molecule has 1 unspecified atom stereocenters. The maximum Gasteiger partial charge on any atom is 0.313 e. The predicted molar refractivity (Wildman–Crippen MR) is 187 cm³/mol. The minimum absolute atomic E-state index is 0.0861. The standard InChI is InChI=1S/C40H49N3O7/c1-5-15-26(2)42-23-14-22-40-34(37(46)43(36(40)38(42)47)30(25-44)24-28-16-8-6-9-17-28)33-31(50-40)20-12-13-21-32(45)41(4)27(3)35(49-39(33)48)29-18-10-7-11-19-29/h6-12,14,16-20,22,26-27,30-31,33-36,44H,5,13,15,21,23-25H2,1-4H3/b20-12-/t26?,27-,30+,31-,33+,34+,35+,36-,40+/m0/s1. The van der Waals surface area contributed by atoms with E-state index in [1.165, 1.54) is 4.90 Å². The first kappa shape index (κ1) is 35.5. The zero-order valence-electron chi connectivity index (χ0n) is 29.4. The smallest absolute Gasteiger partial charge is 0.313 e. The van der Waals surface area contributed by atoms with Gasteiger partial charge < -0.3 is 29.3 Å². The second-order valence-electron chi connectivity index (χ2n) is 14.1. The number of ether oxygens (including phenoxy) is 2. The zero-order valence-corrected chi connectivity index (χ0v) is 29.4. The molecule has 4 heterocycles. The van der Waals surface area contributed by atoms with E-state index in [0.29, 0.717) is 19.4 Å². The number of amides is 3. The van der Waals surface area contributed by atoms with Crippen molar-refractivity contribution in [3.63, 3.8) is 0 Å². The number of aliphatic hydroxyl groups excluding tert-OH is 1. The summed E-state index contributed by atoms with van der Waals surface area (Å²) < 4.78 is 13.3. The number of rotatable bonds is 8. The highest BCUT2D eigenvalue weighted by Crippen LogP contribution is 2.54. The summed E-state index contributed by atoms with van der Waals surface area (Å²) in [7, 11) is 1.71. The van der Waals surface area contributed by atoms with Crippen LogP contribution in [0, 0.1) is 11.8 Å². The molecule has 1 spiro atoms. The van der Waals surface area contributed by atoms with E-state index in [2.05, 4.69) is 6.92 Å². The molecule has 2 aromatic carbocycles. The number of carbonyl (C=O) groups is 4. The van der Waals surface area contributed by atoms with E-state index in [1.807, 2.05) is 92.7 Å². The highest BCUT2D eigenvalue weighted by atomic mass is 16.6. The Kier molecular flexibility index (Phi) is 10.6. The average molecular weight is 684 g/mol.